The van der Waals surface area contributed by atoms with Gasteiger partial charge in [-0.3, -0.25) is 0 Å². The van der Waals surface area contributed by atoms with E-state index >= 15 is 0 Å². The molecule has 152 valence electrons. The first kappa shape index (κ1) is 19.2. The van der Waals surface area contributed by atoms with E-state index in [-0.39, 0.29) is 5.69 Å². The maximum absolute atomic E-state index is 12.8. The van der Waals surface area contributed by atoms with Gasteiger partial charge in [-0.25, -0.2) is 9.20 Å². The Morgan fingerprint density at radius 1 is 0.933 bits per heavy atom. The third-order valence-corrected chi connectivity index (χ3v) is 6.13. The highest BCUT2D eigenvalue weighted by atomic mass is 35.5. The summed E-state index contributed by atoms with van der Waals surface area (Å²) in [5.74, 6) is 0. The maximum atomic E-state index is 12.8. The molecule has 0 spiro atoms. The highest BCUT2D eigenvalue weighted by Gasteiger charge is 2.21. The summed E-state index contributed by atoms with van der Waals surface area (Å²) in [5.41, 5.74) is 4.35. The molecule has 1 aliphatic heterocycles. The van der Waals surface area contributed by atoms with Crippen LogP contribution >= 0.6 is 23.2 Å². The number of hydrogen-bond acceptors (Lipinski definition) is 4. The van der Waals surface area contributed by atoms with Crippen LogP contribution in [0.15, 0.2) is 65.6 Å². The van der Waals surface area contributed by atoms with Crippen molar-refractivity contribution >= 4 is 40.2 Å². The quantitative estimate of drug-likeness (QED) is 0.464. The van der Waals surface area contributed by atoms with Crippen molar-refractivity contribution in [2.75, 3.05) is 25.0 Å². The van der Waals surface area contributed by atoms with Gasteiger partial charge in [0, 0.05) is 37.2 Å². The number of likely N-dealkylation sites (N-methyl/N-ethyl adjacent to an activating group) is 1. The molecule has 0 saturated carbocycles. The Labute approximate surface area is 183 Å². The molecule has 5 rings (SSSR count). The van der Waals surface area contributed by atoms with Crippen LogP contribution in [-0.2, 0) is 6.54 Å². The van der Waals surface area contributed by atoms with Gasteiger partial charge in [0.2, 0.25) is 0 Å². The van der Waals surface area contributed by atoms with Gasteiger partial charge in [-0.05, 0) is 61.1 Å². The molecule has 30 heavy (non-hydrogen) atoms. The first-order valence-electron chi connectivity index (χ1n) is 9.62. The summed E-state index contributed by atoms with van der Waals surface area (Å²) in [6.07, 6.45) is 1.73. The topological polar surface area (TPSA) is 45.8 Å². The SMILES string of the molecule is CN1CCN(c2ccc(Cl)c(Cl)c2)c2ccc(-n3nc4ccccn4c3=O)cc2C1. The average Bonchev–Trinajstić information content (AvgIpc) is 2.98. The summed E-state index contributed by atoms with van der Waals surface area (Å²) >= 11 is 12.4. The second kappa shape index (κ2) is 7.47. The van der Waals surface area contributed by atoms with Gasteiger partial charge in [0.25, 0.3) is 0 Å². The van der Waals surface area contributed by atoms with Crippen LogP contribution in [0.4, 0.5) is 11.4 Å². The van der Waals surface area contributed by atoms with Gasteiger partial charge in [-0.15, -0.1) is 5.10 Å². The van der Waals surface area contributed by atoms with E-state index in [1.165, 1.54) is 4.68 Å². The van der Waals surface area contributed by atoms with Gasteiger partial charge in [0.15, 0.2) is 5.65 Å². The summed E-state index contributed by atoms with van der Waals surface area (Å²) in [7, 11) is 2.09. The van der Waals surface area contributed by atoms with E-state index in [2.05, 4.69) is 21.9 Å². The lowest BCUT2D eigenvalue weighted by Gasteiger charge is -2.25. The molecule has 0 saturated heterocycles. The van der Waals surface area contributed by atoms with Crippen molar-refractivity contribution in [1.82, 2.24) is 19.1 Å². The van der Waals surface area contributed by atoms with E-state index in [9.17, 15) is 4.79 Å². The molecule has 1 aliphatic rings. The molecule has 6 nitrogen and oxygen atoms in total. The molecule has 0 radical (unpaired) electrons. The molecule has 0 amide bonds. The smallest absolute Gasteiger partial charge is 0.340 e. The fourth-order valence-electron chi connectivity index (χ4n) is 3.87. The zero-order chi connectivity index (χ0) is 20.8. The Hall–Kier alpha value is -2.80. The van der Waals surface area contributed by atoms with Crippen LogP contribution in [0.25, 0.3) is 11.3 Å². The number of benzene rings is 2. The van der Waals surface area contributed by atoms with E-state index in [0.717, 1.165) is 42.3 Å². The summed E-state index contributed by atoms with van der Waals surface area (Å²) < 4.78 is 2.99. The minimum Gasteiger partial charge on any atom is -0.340 e. The van der Waals surface area contributed by atoms with Crippen LogP contribution in [0.3, 0.4) is 0 Å². The number of anilines is 2. The molecule has 0 fully saturated rings. The molecule has 0 atom stereocenters. The molecular weight excluding hydrogens is 421 g/mol. The van der Waals surface area contributed by atoms with E-state index in [1.807, 2.05) is 54.6 Å². The number of pyridine rings is 1. The number of aromatic nitrogens is 3. The van der Waals surface area contributed by atoms with E-state index in [4.69, 9.17) is 23.2 Å². The van der Waals surface area contributed by atoms with Crippen LogP contribution in [0.1, 0.15) is 5.56 Å². The van der Waals surface area contributed by atoms with Crippen molar-refractivity contribution < 1.29 is 0 Å². The Kier molecular flexibility index (Phi) is 4.77. The summed E-state index contributed by atoms with van der Waals surface area (Å²) in [4.78, 5) is 17.3. The Balaban J connectivity index is 1.63. The van der Waals surface area contributed by atoms with Crippen molar-refractivity contribution in [2.24, 2.45) is 0 Å². The summed E-state index contributed by atoms with van der Waals surface area (Å²) in [5, 5.41) is 5.55. The number of rotatable bonds is 2. The molecule has 2 aromatic heterocycles. The molecule has 0 unspecified atom stereocenters. The number of nitrogens with zero attached hydrogens (tertiary/aromatic N) is 5. The van der Waals surface area contributed by atoms with Crippen molar-refractivity contribution in [3.8, 4) is 5.69 Å². The fourth-order valence-corrected chi connectivity index (χ4v) is 4.16. The minimum atomic E-state index is -0.186. The zero-order valence-electron chi connectivity index (χ0n) is 16.3. The number of fused-ring (bicyclic) bond motifs is 2. The van der Waals surface area contributed by atoms with Crippen LogP contribution in [0.5, 0.6) is 0 Å². The van der Waals surface area contributed by atoms with Crippen molar-refractivity contribution in [2.45, 2.75) is 6.54 Å². The molecule has 2 aromatic carbocycles. The lowest BCUT2D eigenvalue weighted by Crippen LogP contribution is -2.26. The first-order valence-corrected chi connectivity index (χ1v) is 10.4. The van der Waals surface area contributed by atoms with E-state index in [1.54, 1.807) is 10.6 Å². The van der Waals surface area contributed by atoms with Crippen LogP contribution in [-0.4, -0.2) is 39.2 Å². The largest absolute Gasteiger partial charge is 0.355 e. The Morgan fingerprint density at radius 3 is 2.57 bits per heavy atom. The molecular formula is C22H19Cl2N5O. The molecule has 8 heteroatoms. The Bertz CT molecular complexity index is 1310. The second-order valence-electron chi connectivity index (χ2n) is 7.42. The predicted octanol–water partition coefficient (Wildman–Crippen LogP) is 4.38. The summed E-state index contributed by atoms with van der Waals surface area (Å²) in [6.45, 7) is 2.47. The van der Waals surface area contributed by atoms with E-state index < -0.39 is 0 Å². The lowest BCUT2D eigenvalue weighted by atomic mass is 10.1. The number of halogens is 2. The standard InChI is InChI=1S/C22H19Cl2N5O/c1-26-10-11-27(16-5-7-18(23)19(24)13-16)20-8-6-17(12-15(20)14-26)29-22(30)28-9-3-2-4-21(28)25-29/h2-9,12-13H,10-11,14H2,1H3. The maximum Gasteiger partial charge on any atom is 0.355 e. The molecule has 0 aliphatic carbocycles. The zero-order valence-corrected chi connectivity index (χ0v) is 17.8. The summed E-state index contributed by atoms with van der Waals surface area (Å²) in [6, 6.07) is 17.2. The highest BCUT2D eigenvalue weighted by molar-refractivity contribution is 6.42. The van der Waals surface area contributed by atoms with Gasteiger partial charge in [-0.2, -0.15) is 4.68 Å². The monoisotopic (exact) mass is 439 g/mol. The van der Waals surface area contributed by atoms with Crippen LogP contribution in [0, 0.1) is 0 Å². The molecule has 4 aromatic rings. The van der Waals surface area contributed by atoms with Crippen molar-refractivity contribution in [3.63, 3.8) is 0 Å². The van der Waals surface area contributed by atoms with Gasteiger partial charge >= 0.3 is 5.69 Å². The lowest BCUT2D eigenvalue weighted by molar-refractivity contribution is 0.343. The molecule has 3 heterocycles. The van der Waals surface area contributed by atoms with Gasteiger partial charge in [0.1, 0.15) is 0 Å². The third-order valence-electron chi connectivity index (χ3n) is 5.39. The van der Waals surface area contributed by atoms with Gasteiger partial charge in [-0.1, -0.05) is 29.3 Å². The first-order chi connectivity index (χ1) is 14.5. The second-order valence-corrected chi connectivity index (χ2v) is 8.24. The number of hydrogen-bond donors (Lipinski definition) is 0. The average molecular weight is 440 g/mol. The Morgan fingerprint density at radius 2 is 1.77 bits per heavy atom. The van der Waals surface area contributed by atoms with Crippen LogP contribution in [0.2, 0.25) is 10.0 Å². The fraction of sp³-hybridized carbons (Fsp3) is 0.182. The minimum absolute atomic E-state index is 0.186. The normalized spacial score (nSPS) is 14.7. The molecule has 0 bridgehead atoms. The van der Waals surface area contributed by atoms with Crippen LogP contribution < -0.4 is 10.6 Å². The van der Waals surface area contributed by atoms with Gasteiger partial charge in [0.05, 0.1) is 15.7 Å². The van der Waals surface area contributed by atoms with E-state index in [0.29, 0.717) is 15.7 Å². The predicted molar refractivity (Wildman–Crippen MR) is 121 cm³/mol. The van der Waals surface area contributed by atoms with Gasteiger partial charge < -0.3 is 9.80 Å². The van der Waals surface area contributed by atoms with Crippen molar-refractivity contribution in [1.29, 1.82) is 0 Å². The highest BCUT2D eigenvalue weighted by Crippen LogP contribution is 2.35. The molecule has 0 N–H and O–H groups in total. The third kappa shape index (κ3) is 3.27. The van der Waals surface area contributed by atoms with Crippen molar-refractivity contribution in [3.05, 3.63) is 86.9 Å².